The summed E-state index contributed by atoms with van der Waals surface area (Å²) in [4.78, 5) is 16.9. The molecule has 0 aliphatic rings. The number of benzene rings is 2. The van der Waals surface area contributed by atoms with Gasteiger partial charge < -0.3 is 9.73 Å². The largest absolute Gasteiger partial charge is 0.440 e. The highest BCUT2D eigenvalue weighted by Gasteiger charge is 2.12. The Balaban J connectivity index is 1.37. The van der Waals surface area contributed by atoms with Crippen molar-refractivity contribution in [2.45, 2.75) is 11.6 Å². The first-order chi connectivity index (χ1) is 14.1. The van der Waals surface area contributed by atoms with Gasteiger partial charge in [0.05, 0.1) is 0 Å². The number of halogens is 1. The number of nitrogens with one attached hydrogen (secondary N) is 1. The van der Waals surface area contributed by atoms with E-state index in [1.807, 2.05) is 24.3 Å². The molecule has 1 amide bonds. The van der Waals surface area contributed by atoms with Crippen LogP contribution >= 0.6 is 23.4 Å². The number of carbonyl (C=O) groups excluding carboxylic acids is 1. The molecule has 8 nitrogen and oxygen atoms in total. The molecular formula is C19H17ClN6O2S. The number of amides is 1. The molecule has 0 unspecified atom stereocenters. The number of carbonyl (C=O) groups is 1. The smallest absolute Gasteiger partial charge is 0.251 e. The van der Waals surface area contributed by atoms with Crippen LogP contribution in [0.15, 0.2) is 52.0 Å². The van der Waals surface area contributed by atoms with Crippen molar-refractivity contribution in [2.75, 3.05) is 12.3 Å². The van der Waals surface area contributed by atoms with Gasteiger partial charge in [-0.05, 0) is 46.3 Å². The van der Waals surface area contributed by atoms with Crippen LogP contribution in [0.25, 0.3) is 11.1 Å². The molecule has 0 saturated carbocycles. The molecule has 1 N–H and O–H groups in total. The van der Waals surface area contributed by atoms with E-state index in [4.69, 9.17) is 16.0 Å². The highest BCUT2D eigenvalue weighted by Crippen LogP contribution is 2.21. The summed E-state index contributed by atoms with van der Waals surface area (Å²) >= 11 is 7.50. The van der Waals surface area contributed by atoms with Crippen molar-refractivity contribution in [2.24, 2.45) is 7.05 Å². The van der Waals surface area contributed by atoms with Gasteiger partial charge in [-0.25, -0.2) is 9.67 Å². The summed E-state index contributed by atoms with van der Waals surface area (Å²) in [6.07, 6.45) is 0.533. The van der Waals surface area contributed by atoms with E-state index >= 15 is 0 Å². The normalized spacial score (nSPS) is 11.1. The van der Waals surface area contributed by atoms with E-state index in [1.54, 1.807) is 29.9 Å². The van der Waals surface area contributed by atoms with E-state index in [1.165, 1.54) is 11.8 Å². The molecule has 4 rings (SSSR count). The van der Waals surface area contributed by atoms with Gasteiger partial charge in [0.15, 0.2) is 11.5 Å². The number of hydrogen-bond donors (Lipinski definition) is 1. The Labute approximate surface area is 175 Å². The maximum Gasteiger partial charge on any atom is 0.251 e. The second-order valence-electron chi connectivity index (χ2n) is 6.29. The maximum atomic E-state index is 12.4. The molecule has 2 heterocycles. The van der Waals surface area contributed by atoms with Gasteiger partial charge in [-0.3, -0.25) is 4.79 Å². The predicted molar refractivity (Wildman–Crippen MR) is 110 cm³/mol. The van der Waals surface area contributed by atoms with E-state index < -0.39 is 0 Å². The van der Waals surface area contributed by atoms with Gasteiger partial charge in [-0.1, -0.05) is 35.5 Å². The highest BCUT2D eigenvalue weighted by atomic mass is 35.5. The van der Waals surface area contributed by atoms with Crippen molar-refractivity contribution in [3.63, 3.8) is 0 Å². The van der Waals surface area contributed by atoms with Crippen LogP contribution in [-0.2, 0) is 13.5 Å². The average molecular weight is 429 g/mol. The van der Waals surface area contributed by atoms with Gasteiger partial charge >= 0.3 is 0 Å². The quantitative estimate of drug-likeness (QED) is 0.356. The first kappa shape index (κ1) is 19.4. The summed E-state index contributed by atoms with van der Waals surface area (Å²) in [6.45, 7) is 0.491. The van der Waals surface area contributed by atoms with Gasteiger partial charge in [0.25, 0.3) is 5.91 Å². The maximum absolute atomic E-state index is 12.4. The lowest BCUT2D eigenvalue weighted by Gasteiger charge is -2.04. The molecule has 0 saturated heterocycles. The van der Waals surface area contributed by atoms with Gasteiger partial charge in [0.2, 0.25) is 5.16 Å². The number of oxazole rings is 1. The van der Waals surface area contributed by atoms with Crippen LogP contribution < -0.4 is 5.32 Å². The van der Waals surface area contributed by atoms with Crippen LogP contribution in [0.1, 0.15) is 21.8 Å². The second kappa shape index (κ2) is 8.62. The number of thioether (sulfide) groups is 1. The predicted octanol–water partition coefficient (Wildman–Crippen LogP) is 3.12. The zero-order valence-electron chi connectivity index (χ0n) is 15.5. The van der Waals surface area contributed by atoms with E-state index in [0.717, 1.165) is 5.56 Å². The molecule has 0 spiro atoms. The zero-order valence-corrected chi connectivity index (χ0v) is 17.1. The summed E-state index contributed by atoms with van der Waals surface area (Å²) in [5, 5.41) is 15.5. The molecule has 0 radical (unpaired) electrons. The van der Waals surface area contributed by atoms with Gasteiger partial charge in [-0.2, -0.15) is 0 Å². The number of rotatable bonds is 7. The molecule has 0 aliphatic heterocycles. The molecule has 148 valence electrons. The fraction of sp³-hybridized carbons (Fsp3) is 0.211. The van der Waals surface area contributed by atoms with Crippen LogP contribution in [0.5, 0.6) is 0 Å². The Morgan fingerprint density at radius 1 is 1.28 bits per heavy atom. The number of aryl methyl sites for hydroxylation is 1. The summed E-state index contributed by atoms with van der Waals surface area (Å²) in [5.74, 6) is 1.07. The molecule has 0 atom stereocenters. The van der Waals surface area contributed by atoms with E-state index in [0.29, 0.717) is 51.5 Å². The first-order valence-electron chi connectivity index (χ1n) is 8.86. The Morgan fingerprint density at radius 2 is 2.17 bits per heavy atom. The third kappa shape index (κ3) is 4.75. The van der Waals surface area contributed by atoms with Crippen molar-refractivity contribution < 1.29 is 9.21 Å². The van der Waals surface area contributed by atoms with Gasteiger partial charge in [0, 0.05) is 36.4 Å². The topological polar surface area (TPSA) is 98.7 Å². The fourth-order valence-electron chi connectivity index (χ4n) is 2.76. The third-order valence-electron chi connectivity index (χ3n) is 4.14. The van der Waals surface area contributed by atoms with Crippen molar-refractivity contribution in [1.82, 2.24) is 30.5 Å². The first-order valence-corrected chi connectivity index (χ1v) is 10.2. The van der Waals surface area contributed by atoms with Crippen LogP contribution in [-0.4, -0.2) is 43.4 Å². The molecule has 0 aliphatic carbocycles. The molecule has 4 aromatic rings. The van der Waals surface area contributed by atoms with Crippen LogP contribution in [0.4, 0.5) is 0 Å². The Bertz CT molecular complexity index is 1160. The molecule has 0 fully saturated rings. The number of tetrazole rings is 1. The fourth-order valence-corrected chi connectivity index (χ4v) is 3.68. The molecule has 29 heavy (non-hydrogen) atoms. The van der Waals surface area contributed by atoms with Crippen molar-refractivity contribution in [3.05, 3.63) is 64.5 Å². The van der Waals surface area contributed by atoms with Crippen molar-refractivity contribution in [1.29, 1.82) is 0 Å². The number of nitrogens with zero attached hydrogens (tertiary/aromatic N) is 5. The van der Waals surface area contributed by atoms with Crippen molar-refractivity contribution >= 4 is 40.4 Å². The Hall–Kier alpha value is -2.91. The average Bonchev–Trinajstić information content (AvgIpc) is 3.29. The number of hydrogen-bond acceptors (Lipinski definition) is 7. The third-order valence-corrected chi connectivity index (χ3v) is 5.39. The monoisotopic (exact) mass is 428 g/mol. The molecule has 0 bridgehead atoms. The SMILES string of the molecule is Cn1nnnc1SCCNC(=O)c1ccc2nc(Cc3cccc(Cl)c3)oc2c1. The Kier molecular flexibility index (Phi) is 5.77. The summed E-state index contributed by atoms with van der Waals surface area (Å²) in [6, 6.07) is 12.8. The van der Waals surface area contributed by atoms with Gasteiger partial charge in [-0.15, -0.1) is 5.10 Å². The number of aromatic nitrogens is 5. The van der Waals surface area contributed by atoms with E-state index in [9.17, 15) is 4.79 Å². The van der Waals surface area contributed by atoms with Gasteiger partial charge in [0.1, 0.15) is 5.52 Å². The van der Waals surface area contributed by atoms with Crippen LogP contribution in [0.2, 0.25) is 5.02 Å². The lowest BCUT2D eigenvalue weighted by molar-refractivity contribution is 0.0956. The standard InChI is InChI=1S/C19H17ClN6O2S/c1-26-19(23-24-25-26)29-8-7-21-18(27)13-5-6-15-16(11-13)28-17(22-15)10-12-3-2-4-14(20)9-12/h2-6,9,11H,7-8,10H2,1H3,(H,21,27). The summed E-state index contributed by atoms with van der Waals surface area (Å²) in [7, 11) is 1.77. The van der Waals surface area contributed by atoms with Crippen LogP contribution in [0.3, 0.4) is 0 Å². The van der Waals surface area contributed by atoms with E-state index in [-0.39, 0.29) is 5.91 Å². The minimum atomic E-state index is -0.170. The minimum absolute atomic E-state index is 0.170. The molecular weight excluding hydrogens is 412 g/mol. The highest BCUT2D eigenvalue weighted by molar-refractivity contribution is 7.99. The minimum Gasteiger partial charge on any atom is -0.440 e. The van der Waals surface area contributed by atoms with Crippen LogP contribution in [0, 0.1) is 0 Å². The second-order valence-corrected chi connectivity index (χ2v) is 7.78. The molecule has 10 heteroatoms. The number of fused-ring (bicyclic) bond motifs is 1. The van der Waals surface area contributed by atoms with Crippen molar-refractivity contribution in [3.8, 4) is 0 Å². The zero-order chi connectivity index (χ0) is 20.2. The summed E-state index contributed by atoms with van der Waals surface area (Å²) in [5.41, 5.74) is 2.82. The lowest BCUT2D eigenvalue weighted by Crippen LogP contribution is -2.25. The summed E-state index contributed by atoms with van der Waals surface area (Å²) < 4.78 is 7.42. The lowest BCUT2D eigenvalue weighted by atomic mass is 10.1. The molecule has 2 aromatic heterocycles. The Morgan fingerprint density at radius 3 is 2.97 bits per heavy atom. The van der Waals surface area contributed by atoms with E-state index in [2.05, 4.69) is 25.8 Å². The molecule has 2 aromatic carbocycles.